The van der Waals surface area contributed by atoms with E-state index in [4.69, 9.17) is 16.7 Å². The molecule has 2 amide bonds. The van der Waals surface area contributed by atoms with Gasteiger partial charge in [0.2, 0.25) is 0 Å². The van der Waals surface area contributed by atoms with Crippen LogP contribution in [0.25, 0.3) is 0 Å². The number of hydrogen-bond acceptors (Lipinski definition) is 2. The maximum absolute atomic E-state index is 11.8. The average Bonchev–Trinajstić information content (AvgIpc) is 3.10. The Morgan fingerprint density at radius 1 is 1.42 bits per heavy atom. The quantitative estimate of drug-likeness (QED) is 0.777. The highest BCUT2D eigenvalue weighted by Gasteiger charge is 2.33. The van der Waals surface area contributed by atoms with Crippen LogP contribution in [0, 0.1) is 5.92 Å². The lowest BCUT2D eigenvalue weighted by Crippen LogP contribution is -2.40. The van der Waals surface area contributed by atoms with Crippen molar-refractivity contribution >= 4 is 29.3 Å². The summed E-state index contributed by atoms with van der Waals surface area (Å²) in [5.41, 5.74) is 0.579. The number of rotatable bonds is 5. The second-order valence-corrected chi connectivity index (χ2v) is 5.09. The van der Waals surface area contributed by atoms with Crippen molar-refractivity contribution in [3.8, 4) is 0 Å². The Kier molecular flexibility index (Phi) is 4.27. The number of urea groups is 1. The van der Waals surface area contributed by atoms with Crippen LogP contribution in [0.3, 0.4) is 0 Å². The molecule has 0 heterocycles. The molecule has 1 aliphatic carbocycles. The number of anilines is 1. The largest absolute Gasteiger partial charge is 0.481 e. The summed E-state index contributed by atoms with van der Waals surface area (Å²) in [5, 5.41) is 14.7. The molecule has 5 nitrogen and oxygen atoms in total. The van der Waals surface area contributed by atoms with Gasteiger partial charge in [0.1, 0.15) is 0 Å². The third kappa shape index (κ3) is 4.44. The van der Waals surface area contributed by atoms with Gasteiger partial charge in [0.05, 0.1) is 6.42 Å². The van der Waals surface area contributed by atoms with E-state index in [-0.39, 0.29) is 18.4 Å². The summed E-state index contributed by atoms with van der Waals surface area (Å²) in [6.07, 6.45) is 1.89. The molecule has 1 unspecified atom stereocenters. The molecule has 0 aromatic heterocycles. The molecule has 102 valence electrons. The Balaban J connectivity index is 1.90. The van der Waals surface area contributed by atoms with E-state index in [0.29, 0.717) is 10.7 Å². The molecule has 6 heteroatoms. The molecule has 1 aromatic carbocycles. The molecule has 0 spiro atoms. The second kappa shape index (κ2) is 5.93. The van der Waals surface area contributed by atoms with Gasteiger partial charge in [0.25, 0.3) is 0 Å². The summed E-state index contributed by atoms with van der Waals surface area (Å²) in [7, 11) is 0. The predicted molar refractivity (Wildman–Crippen MR) is 72.4 cm³/mol. The van der Waals surface area contributed by atoms with Gasteiger partial charge in [-0.3, -0.25) is 4.79 Å². The average molecular weight is 283 g/mol. The SMILES string of the molecule is O=C(O)CC(NC(=O)Nc1cccc(Cl)c1)C1CC1. The highest BCUT2D eigenvalue weighted by molar-refractivity contribution is 6.30. The van der Waals surface area contributed by atoms with Crippen LogP contribution >= 0.6 is 11.6 Å². The van der Waals surface area contributed by atoms with Crippen molar-refractivity contribution < 1.29 is 14.7 Å². The first-order valence-corrected chi connectivity index (χ1v) is 6.47. The number of benzene rings is 1. The van der Waals surface area contributed by atoms with Gasteiger partial charge in [-0.25, -0.2) is 4.79 Å². The van der Waals surface area contributed by atoms with Crippen LogP contribution in [0.4, 0.5) is 10.5 Å². The van der Waals surface area contributed by atoms with Crippen LogP contribution in [-0.4, -0.2) is 23.1 Å². The fourth-order valence-corrected chi connectivity index (χ4v) is 2.11. The lowest BCUT2D eigenvalue weighted by molar-refractivity contribution is -0.137. The minimum Gasteiger partial charge on any atom is -0.481 e. The highest BCUT2D eigenvalue weighted by atomic mass is 35.5. The van der Waals surface area contributed by atoms with Crippen molar-refractivity contribution in [2.45, 2.75) is 25.3 Å². The van der Waals surface area contributed by atoms with Gasteiger partial charge in [0, 0.05) is 16.8 Å². The van der Waals surface area contributed by atoms with Gasteiger partial charge in [0.15, 0.2) is 0 Å². The maximum Gasteiger partial charge on any atom is 0.319 e. The molecule has 0 bridgehead atoms. The van der Waals surface area contributed by atoms with Crippen molar-refractivity contribution in [3.05, 3.63) is 29.3 Å². The minimum absolute atomic E-state index is 0.0480. The minimum atomic E-state index is -0.903. The van der Waals surface area contributed by atoms with Gasteiger partial charge in [-0.15, -0.1) is 0 Å². The zero-order valence-electron chi connectivity index (χ0n) is 10.2. The van der Waals surface area contributed by atoms with Crippen molar-refractivity contribution in [1.82, 2.24) is 5.32 Å². The molecular formula is C13H15ClN2O3. The Bertz CT molecular complexity index is 489. The number of carbonyl (C=O) groups excluding carboxylic acids is 1. The van der Waals surface area contributed by atoms with E-state index < -0.39 is 12.0 Å². The maximum atomic E-state index is 11.8. The molecule has 1 fully saturated rings. The van der Waals surface area contributed by atoms with E-state index >= 15 is 0 Å². The van der Waals surface area contributed by atoms with E-state index in [9.17, 15) is 9.59 Å². The molecule has 0 radical (unpaired) electrons. The van der Waals surface area contributed by atoms with E-state index in [0.717, 1.165) is 12.8 Å². The molecule has 2 rings (SSSR count). The summed E-state index contributed by atoms with van der Waals surface area (Å²) >= 11 is 5.81. The molecule has 19 heavy (non-hydrogen) atoms. The monoisotopic (exact) mass is 282 g/mol. The number of hydrogen-bond donors (Lipinski definition) is 3. The molecule has 1 saturated carbocycles. The first kappa shape index (κ1) is 13.7. The summed E-state index contributed by atoms with van der Waals surface area (Å²) < 4.78 is 0. The number of nitrogens with one attached hydrogen (secondary N) is 2. The standard InChI is InChI=1S/C13H15ClN2O3/c14-9-2-1-3-10(6-9)15-13(19)16-11(7-12(17)18)8-4-5-8/h1-3,6,8,11H,4-5,7H2,(H,17,18)(H2,15,16,19). The topological polar surface area (TPSA) is 78.4 Å². The number of carboxylic acids is 1. The van der Waals surface area contributed by atoms with Gasteiger partial charge in [-0.05, 0) is 37.0 Å². The van der Waals surface area contributed by atoms with Crippen LogP contribution in [0.5, 0.6) is 0 Å². The third-order valence-electron chi connectivity index (χ3n) is 2.98. The summed E-state index contributed by atoms with van der Waals surface area (Å²) in [6, 6.07) is 6.08. The smallest absolute Gasteiger partial charge is 0.319 e. The number of carboxylic acid groups (broad SMARTS) is 1. The van der Waals surface area contributed by atoms with E-state index in [1.54, 1.807) is 24.3 Å². The van der Waals surface area contributed by atoms with Crippen LogP contribution in [0.1, 0.15) is 19.3 Å². The van der Waals surface area contributed by atoms with Crippen molar-refractivity contribution in [1.29, 1.82) is 0 Å². The molecule has 3 N–H and O–H groups in total. The Morgan fingerprint density at radius 2 is 2.16 bits per heavy atom. The summed E-state index contributed by atoms with van der Waals surface area (Å²) in [4.78, 5) is 22.5. The normalized spacial score (nSPS) is 15.6. The fourth-order valence-electron chi connectivity index (χ4n) is 1.92. The van der Waals surface area contributed by atoms with Gasteiger partial charge < -0.3 is 15.7 Å². The van der Waals surface area contributed by atoms with Gasteiger partial charge >= 0.3 is 12.0 Å². The summed E-state index contributed by atoms with van der Waals surface area (Å²) in [5.74, 6) is -0.624. The van der Waals surface area contributed by atoms with Gasteiger partial charge in [-0.2, -0.15) is 0 Å². The molecule has 1 aliphatic rings. The van der Waals surface area contributed by atoms with Crippen LogP contribution < -0.4 is 10.6 Å². The number of carbonyl (C=O) groups is 2. The lowest BCUT2D eigenvalue weighted by Gasteiger charge is -2.16. The number of aliphatic carboxylic acids is 1. The first-order chi connectivity index (χ1) is 9.04. The van der Waals surface area contributed by atoms with Crippen molar-refractivity contribution in [2.24, 2.45) is 5.92 Å². The number of amides is 2. The first-order valence-electron chi connectivity index (χ1n) is 6.09. The highest BCUT2D eigenvalue weighted by Crippen LogP contribution is 2.34. The predicted octanol–water partition coefficient (Wildman–Crippen LogP) is 2.71. The van der Waals surface area contributed by atoms with E-state index in [2.05, 4.69) is 10.6 Å². The van der Waals surface area contributed by atoms with Crippen LogP contribution in [0.2, 0.25) is 5.02 Å². The zero-order chi connectivity index (χ0) is 13.8. The number of halogens is 1. The van der Waals surface area contributed by atoms with Crippen molar-refractivity contribution in [3.63, 3.8) is 0 Å². The Hall–Kier alpha value is -1.75. The molecule has 0 saturated heterocycles. The lowest BCUT2D eigenvalue weighted by atomic mass is 10.1. The molecule has 0 aliphatic heterocycles. The Labute approximate surface area is 116 Å². The van der Waals surface area contributed by atoms with Crippen LogP contribution in [-0.2, 0) is 4.79 Å². The second-order valence-electron chi connectivity index (χ2n) is 4.65. The van der Waals surface area contributed by atoms with Gasteiger partial charge in [-0.1, -0.05) is 17.7 Å². The zero-order valence-corrected chi connectivity index (χ0v) is 11.0. The molecular weight excluding hydrogens is 268 g/mol. The van der Waals surface area contributed by atoms with Crippen molar-refractivity contribution in [2.75, 3.05) is 5.32 Å². The Morgan fingerprint density at radius 3 is 2.74 bits per heavy atom. The van der Waals surface area contributed by atoms with Crippen LogP contribution in [0.15, 0.2) is 24.3 Å². The molecule has 1 atom stereocenters. The molecule has 1 aromatic rings. The fraction of sp³-hybridized carbons (Fsp3) is 0.385. The summed E-state index contributed by atoms with van der Waals surface area (Å²) in [6.45, 7) is 0. The van der Waals surface area contributed by atoms with E-state index in [1.807, 2.05) is 0 Å². The third-order valence-corrected chi connectivity index (χ3v) is 3.22. The van der Waals surface area contributed by atoms with E-state index in [1.165, 1.54) is 0 Å².